The van der Waals surface area contributed by atoms with Gasteiger partial charge in [0.05, 0.1) is 5.71 Å². The van der Waals surface area contributed by atoms with Crippen LogP contribution in [0.1, 0.15) is 28.4 Å². The van der Waals surface area contributed by atoms with Gasteiger partial charge < -0.3 is 5.32 Å². The molecular weight excluding hydrogens is 347 g/mol. The highest BCUT2D eigenvalue weighted by Crippen LogP contribution is 2.18. The number of benzene rings is 2. The predicted molar refractivity (Wildman–Crippen MR) is 92.0 cm³/mol. The molecular formula is C18H16F3N3O2. The molecule has 0 unspecified atom stereocenters. The fraction of sp³-hybridized carbons (Fsp3) is 0.167. The largest absolute Gasteiger partial charge is 0.471 e. The molecule has 26 heavy (non-hydrogen) atoms. The fourth-order valence-corrected chi connectivity index (χ4v) is 1.97. The van der Waals surface area contributed by atoms with E-state index in [0.29, 0.717) is 16.8 Å². The number of rotatable bonds is 4. The number of nitrogens with one attached hydrogen (secondary N) is 2. The summed E-state index contributed by atoms with van der Waals surface area (Å²) >= 11 is 0. The van der Waals surface area contributed by atoms with Gasteiger partial charge >= 0.3 is 12.1 Å². The average Bonchev–Trinajstić information content (AvgIpc) is 2.59. The van der Waals surface area contributed by atoms with Crippen molar-refractivity contribution in [2.75, 3.05) is 5.32 Å². The van der Waals surface area contributed by atoms with Gasteiger partial charge in [0.25, 0.3) is 5.91 Å². The Balaban J connectivity index is 2.01. The van der Waals surface area contributed by atoms with Crippen molar-refractivity contribution >= 4 is 23.2 Å². The van der Waals surface area contributed by atoms with Gasteiger partial charge in [-0.1, -0.05) is 29.8 Å². The van der Waals surface area contributed by atoms with Gasteiger partial charge in [-0.05, 0) is 43.7 Å². The van der Waals surface area contributed by atoms with Gasteiger partial charge in [0.2, 0.25) is 0 Å². The smallest absolute Gasteiger partial charge is 0.318 e. The van der Waals surface area contributed by atoms with Crippen molar-refractivity contribution in [2.24, 2.45) is 5.10 Å². The summed E-state index contributed by atoms with van der Waals surface area (Å²) in [5.74, 6) is -2.42. The van der Waals surface area contributed by atoms with E-state index in [9.17, 15) is 22.8 Å². The fourth-order valence-electron chi connectivity index (χ4n) is 1.97. The molecule has 0 aliphatic rings. The van der Waals surface area contributed by atoms with Crippen molar-refractivity contribution in [1.29, 1.82) is 0 Å². The summed E-state index contributed by atoms with van der Waals surface area (Å²) < 4.78 is 36.6. The maximum absolute atomic E-state index is 12.2. The van der Waals surface area contributed by atoms with E-state index in [0.717, 1.165) is 5.56 Å². The second kappa shape index (κ2) is 7.81. The van der Waals surface area contributed by atoms with E-state index in [-0.39, 0.29) is 11.6 Å². The lowest BCUT2D eigenvalue weighted by Crippen LogP contribution is -2.29. The Morgan fingerprint density at radius 2 is 1.46 bits per heavy atom. The molecule has 0 fully saturated rings. The van der Waals surface area contributed by atoms with Crippen LogP contribution < -0.4 is 10.7 Å². The lowest BCUT2D eigenvalue weighted by atomic mass is 10.1. The second-order valence-electron chi connectivity index (χ2n) is 5.53. The van der Waals surface area contributed by atoms with Crippen molar-refractivity contribution in [3.8, 4) is 0 Å². The number of halogens is 3. The summed E-state index contributed by atoms with van der Waals surface area (Å²) in [6, 6.07) is 12.6. The summed E-state index contributed by atoms with van der Waals surface area (Å²) in [6.07, 6.45) is -4.95. The normalized spacial score (nSPS) is 11.8. The zero-order valence-electron chi connectivity index (χ0n) is 14.0. The first-order chi connectivity index (χ1) is 12.2. The molecule has 0 radical (unpaired) electrons. The molecule has 0 saturated heterocycles. The van der Waals surface area contributed by atoms with Crippen LogP contribution in [0.5, 0.6) is 0 Å². The third-order valence-corrected chi connectivity index (χ3v) is 3.46. The standard InChI is InChI=1S/C18H16F3N3O2/c1-11-3-5-14(6-4-11)16(25)24-23-12(2)13-7-9-15(10-8-13)22-17(26)18(19,20)21/h3-10H,1-2H3,(H,22,26)(H,24,25). The van der Waals surface area contributed by atoms with E-state index in [1.165, 1.54) is 24.3 Å². The molecule has 0 spiro atoms. The summed E-state index contributed by atoms with van der Waals surface area (Å²) in [6.45, 7) is 3.55. The molecule has 2 amide bonds. The summed E-state index contributed by atoms with van der Waals surface area (Å²) in [7, 11) is 0. The third kappa shape index (κ3) is 5.17. The molecule has 0 saturated carbocycles. The van der Waals surface area contributed by atoms with Crippen molar-refractivity contribution in [3.05, 3.63) is 65.2 Å². The van der Waals surface area contributed by atoms with Crippen LogP contribution in [0.3, 0.4) is 0 Å². The summed E-state index contributed by atoms with van der Waals surface area (Å²) in [5.41, 5.74) is 4.94. The zero-order valence-corrected chi connectivity index (χ0v) is 14.0. The number of carbonyl (C=O) groups excluding carboxylic acids is 2. The number of amides is 2. The highest BCUT2D eigenvalue weighted by atomic mass is 19.4. The van der Waals surface area contributed by atoms with Crippen molar-refractivity contribution < 1.29 is 22.8 Å². The molecule has 2 aromatic rings. The molecule has 0 atom stereocenters. The minimum absolute atomic E-state index is 0.00701. The Hall–Kier alpha value is -3.16. The number of alkyl halides is 3. The first kappa shape index (κ1) is 19.2. The van der Waals surface area contributed by atoms with Crippen LogP contribution >= 0.6 is 0 Å². The average molecular weight is 363 g/mol. The molecule has 8 heteroatoms. The number of hydrazone groups is 1. The number of anilines is 1. The number of aryl methyl sites for hydroxylation is 1. The van der Waals surface area contributed by atoms with Crippen molar-refractivity contribution in [2.45, 2.75) is 20.0 Å². The molecule has 2 N–H and O–H groups in total. The zero-order chi connectivity index (χ0) is 19.3. The lowest BCUT2D eigenvalue weighted by molar-refractivity contribution is -0.167. The minimum atomic E-state index is -4.95. The van der Waals surface area contributed by atoms with Gasteiger partial charge in [0.15, 0.2) is 0 Å². The topological polar surface area (TPSA) is 70.6 Å². The summed E-state index contributed by atoms with van der Waals surface area (Å²) in [4.78, 5) is 22.9. The van der Waals surface area contributed by atoms with Crippen LogP contribution in [0.15, 0.2) is 53.6 Å². The maximum Gasteiger partial charge on any atom is 0.471 e. The van der Waals surface area contributed by atoms with Crippen LogP contribution in [0.4, 0.5) is 18.9 Å². The molecule has 5 nitrogen and oxygen atoms in total. The summed E-state index contributed by atoms with van der Waals surface area (Å²) in [5, 5.41) is 5.72. The lowest BCUT2D eigenvalue weighted by Gasteiger charge is -2.08. The first-order valence-corrected chi connectivity index (χ1v) is 7.57. The monoisotopic (exact) mass is 363 g/mol. The third-order valence-electron chi connectivity index (χ3n) is 3.46. The van der Waals surface area contributed by atoms with Crippen molar-refractivity contribution in [1.82, 2.24) is 5.43 Å². The van der Waals surface area contributed by atoms with Crippen LogP contribution in [0.25, 0.3) is 0 Å². The van der Waals surface area contributed by atoms with Gasteiger partial charge in [0, 0.05) is 11.3 Å². The number of hydrogen-bond donors (Lipinski definition) is 2. The maximum atomic E-state index is 12.2. The van der Waals surface area contributed by atoms with E-state index in [1.54, 1.807) is 36.5 Å². The van der Waals surface area contributed by atoms with Crippen LogP contribution in [0.2, 0.25) is 0 Å². The number of hydrogen-bond acceptors (Lipinski definition) is 3. The SMILES string of the molecule is CC(=NNC(=O)c1ccc(C)cc1)c1ccc(NC(=O)C(F)(F)F)cc1. The Kier molecular flexibility index (Phi) is 5.76. The molecule has 0 bridgehead atoms. The highest BCUT2D eigenvalue weighted by Gasteiger charge is 2.38. The predicted octanol–water partition coefficient (Wildman–Crippen LogP) is 3.65. The quantitative estimate of drug-likeness (QED) is 0.643. The Morgan fingerprint density at radius 1 is 0.923 bits per heavy atom. The Bertz CT molecular complexity index is 826. The Morgan fingerprint density at radius 3 is 2.00 bits per heavy atom. The van der Waals surface area contributed by atoms with E-state index in [2.05, 4.69) is 10.5 Å². The highest BCUT2D eigenvalue weighted by molar-refractivity contribution is 6.01. The van der Waals surface area contributed by atoms with Gasteiger partial charge in [-0.15, -0.1) is 0 Å². The molecule has 2 rings (SSSR count). The van der Waals surface area contributed by atoms with Crippen LogP contribution in [-0.2, 0) is 4.79 Å². The van der Waals surface area contributed by atoms with E-state index in [1.807, 2.05) is 6.92 Å². The van der Waals surface area contributed by atoms with Crippen molar-refractivity contribution in [3.63, 3.8) is 0 Å². The molecule has 0 aliphatic carbocycles. The van der Waals surface area contributed by atoms with Gasteiger partial charge in [-0.2, -0.15) is 18.3 Å². The molecule has 0 aromatic heterocycles. The molecule has 0 heterocycles. The molecule has 2 aromatic carbocycles. The number of carbonyl (C=O) groups is 2. The van der Waals surface area contributed by atoms with Gasteiger partial charge in [-0.25, -0.2) is 5.43 Å². The molecule has 136 valence electrons. The Labute approximate surface area is 147 Å². The minimum Gasteiger partial charge on any atom is -0.318 e. The number of nitrogens with zero attached hydrogens (tertiary/aromatic N) is 1. The van der Waals surface area contributed by atoms with E-state index >= 15 is 0 Å². The second-order valence-corrected chi connectivity index (χ2v) is 5.53. The first-order valence-electron chi connectivity index (χ1n) is 7.57. The van der Waals surface area contributed by atoms with Gasteiger partial charge in [-0.3, -0.25) is 9.59 Å². The van der Waals surface area contributed by atoms with E-state index < -0.39 is 12.1 Å². The van der Waals surface area contributed by atoms with Crippen LogP contribution in [-0.4, -0.2) is 23.7 Å². The van der Waals surface area contributed by atoms with Gasteiger partial charge in [0.1, 0.15) is 0 Å². The molecule has 0 aliphatic heterocycles. The van der Waals surface area contributed by atoms with E-state index in [4.69, 9.17) is 0 Å². The van der Waals surface area contributed by atoms with Crippen LogP contribution in [0, 0.1) is 6.92 Å².